The van der Waals surface area contributed by atoms with Crippen LogP contribution in [0.5, 0.6) is 17.4 Å². The van der Waals surface area contributed by atoms with Crippen LogP contribution >= 0.6 is 0 Å². The molecule has 0 bridgehead atoms. The molecule has 2 aromatic carbocycles. The predicted molar refractivity (Wildman–Crippen MR) is 103 cm³/mol. The number of rotatable bonds is 4. The maximum absolute atomic E-state index is 12.3. The third-order valence-electron chi connectivity index (χ3n) is 5.03. The molecule has 28 heavy (non-hydrogen) atoms. The van der Waals surface area contributed by atoms with Gasteiger partial charge in [0.15, 0.2) is 18.1 Å². The first kappa shape index (κ1) is 16.8. The van der Waals surface area contributed by atoms with Crippen LogP contribution in [-0.2, 0) is 4.79 Å². The van der Waals surface area contributed by atoms with Gasteiger partial charge in [0.1, 0.15) is 6.33 Å². The van der Waals surface area contributed by atoms with E-state index in [1.165, 1.54) is 6.33 Å². The average molecular weight is 377 g/mol. The van der Waals surface area contributed by atoms with Crippen molar-refractivity contribution in [3.63, 3.8) is 0 Å². The van der Waals surface area contributed by atoms with Gasteiger partial charge in [-0.15, -0.1) is 0 Å². The highest BCUT2D eigenvalue weighted by Crippen LogP contribution is 2.47. The Hall–Kier alpha value is -3.35. The molecule has 1 fully saturated rings. The summed E-state index contributed by atoms with van der Waals surface area (Å²) >= 11 is 0. The minimum absolute atomic E-state index is 0.153. The lowest BCUT2D eigenvalue weighted by molar-refractivity contribution is -0.118. The summed E-state index contributed by atoms with van der Waals surface area (Å²) in [5, 5.41) is 3.59. The molecule has 5 rings (SSSR count). The van der Waals surface area contributed by atoms with E-state index in [9.17, 15) is 4.79 Å². The van der Waals surface area contributed by atoms with E-state index >= 15 is 0 Å². The first-order valence-electron chi connectivity index (χ1n) is 9.35. The Morgan fingerprint density at radius 1 is 1.07 bits per heavy atom. The lowest BCUT2D eigenvalue weighted by atomic mass is 10.2. The molecule has 1 spiro atoms. The fourth-order valence-electron chi connectivity index (χ4n) is 3.72. The van der Waals surface area contributed by atoms with E-state index < -0.39 is 5.79 Å². The van der Waals surface area contributed by atoms with Crippen molar-refractivity contribution in [2.75, 3.05) is 11.9 Å². The first-order chi connectivity index (χ1) is 13.7. The van der Waals surface area contributed by atoms with Crippen molar-refractivity contribution in [1.82, 2.24) is 9.97 Å². The normalized spacial score (nSPS) is 16.4. The van der Waals surface area contributed by atoms with Crippen molar-refractivity contribution in [2.24, 2.45) is 0 Å². The molecule has 7 heteroatoms. The molecule has 1 aliphatic heterocycles. The van der Waals surface area contributed by atoms with Crippen molar-refractivity contribution < 1.29 is 19.0 Å². The van der Waals surface area contributed by atoms with Crippen molar-refractivity contribution in [2.45, 2.75) is 31.5 Å². The fourth-order valence-corrected chi connectivity index (χ4v) is 3.72. The summed E-state index contributed by atoms with van der Waals surface area (Å²) in [4.78, 5) is 20.6. The highest BCUT2D eigenvalue weighted by Gasteiger charge is 2.44. The predicted octanol–water partition coefficient (Wildman–Crippen LogP) is 3.69. The largest absolute Gasteiger partial charge is 0.467 e. The average Bonchev–Trinajstić information content (AvgIpc) is 3.31. The van der Waals surface area contributed by atoms with Gasteiger partial charge in [-0.05, 0) is 37.1 Å². The SMILES string of the molecule is O=C(COc1ncnc2ccccc12)Nc1ccc2c(c1)OC1(CCCC1)O2. The number of benzene rings is 2. The number of nitrogens with zero attached hydrogens (tertiary/aromatic N) is 2. The molecule has 0 saturated heterocycles. The number of carbonyl (C=O) groups is 1. The number of aromatic nitrogens is 2. The lowest BCUT2D eigenvalue weighted by Gasteiger charge is -2.21. The molecule has 1 N–H and O–H groups in total. The van der Waals surface area contributed by atoms with Crippen LogP contribution in [0.4, 0.5) is 5.69 Å². The number of para-hydroxylation sites is 1. The summed E-state index contributed by atoms with van der Waals surface area (Å²) in [5.74, 6) is 0.986. The number of hydrogen-bond acceptors (Lipinski definition) is 6. The number of ether oxygens (including phenoxy) is 3. The number of amides is 1. The summed E-state index contributed by atoms with van der Waals surface area (Å²) in [6, 6.07) is 12.9. The number of fused-ring (bicyclic) bond motifs is 2. The van der Waals surface area contributed by atoms with E-state index in [0.29, 0.717) is 17.3 Å². The fraction of sp³-hybridized carbons (Fsp3) is 0.286. The number of carbonyl (C=O) groups excluding carboxylic acids is 1. The Bertz CT molecular complexity index is 1040. The third kappa shape index (κ3) is 3.09. The minimum Gasteiger partial charge on any atom is -0.467 e. The maximum atomic E-state index is 12.3. The summed E-state index contributed by atoms with van der Waals surface area (Å²) in [7, 11) is 0. The maximum Gasteiger partial charge on any atom is 0.262 e. The topological polar surface area (TPSA) is 82.6 Å². The molecule has 2 aliphatic rings. The molecule has 0 unspecified atom stereocenters. The van der Waals surface area contributed by atoms with Gasteiger partial charge in [-0.3, -0.25) is 4.79 Å². The summed E-state index contributed by atoms with van der Waals surface area (Å²) in [6.45, 7) is -0.153. The molecule has 1 aliphatic carbocycles. The van der Waals surface area contributed by atoms with Gasteiger partial charge >= 0.3 is 0 Å². The second-order valence-corrected chi connectivity index (χ2v) is 7.02. The number of hydrogen-bond donors (Lipinski definition) is 1. The molecule has 1 saturated carbocycles. The highest BCUT2D eigenvalue weighted by molar-refractivity contribution is 5.92. The van der Waals surface area contributed by atoms with Crippen LogP contribution in [0.15, 0.2) is 48.8 Å². The van der Waals surface area contributed by atoms with Gasteiger partial charge in [0, 0.05) is 24.6 Å². The van der Waals surface area contributed by atoms with E-state index in [0.717, 1.165) is 42.3 Å². The van der Waals surface area contributed by atoms with E-state index in [1.54, 1.807) is 12.1 Å². The van der Waals surface area contributed by atoms with Crippen LogP contribution in [0.1, 0.15) is 25.7 Å². The van der Waals surface area contributed by atoms with Gasteiger partial charge in [0.25, 0.3) is 11.7 Å². The third-order valence-corrected chi connectivity index (χ3v) is 5.03. The number of anilines is 1. The van der Waals surface area contributed by atoms with Crippen molar-refractivity contribution in [1.29, 1.82) is 0 Å². The summed E-state index contributed by atoms with van der Waals surface area (Å²) in [6.07, 6.45) is 5.42. The van der Waals surface area contributed by atoms with Crippen LogP contribution in [0.3, 0.4) is 0 Å². The standard InChI is InChI=1S/C21H19N3O4/c25-19(12-26-20-15-5-1-2-6-16(15)22-13-23-20)24-14-7-8-17-18(11-14)28-21(27-17)9-3-4-10-21/h1-2,5-8,11,13H,3-4,9-10,12H2,(H,24,25). The smallest absolute Gasteiger partial charge is 0.262 e. The zero-order chi connectivity index (χ0) is 19.0. The van der Waals surface area contributed by atoms with Gasteiger partial charge in [0.05, 0.1) is 10.9 Å². The molecule has 0 atom stereocenters. The Morgan fingerprint density at radius 3 is 2.79 bits per heavy atom. The lowest BCUT2D eigenvalue weighted by Crippen LogP contribution is -2.34. The van der Waals surface area contributed by atoms with Gasteiger partial charge < -0.3 is 19.5 Å². The van der Waals surface area contributed by atoms with E-state index in [4.69, 9.17) is 14.2 Å². The van der Waals surface area contributed by atoms with E-state index in [1.807, 2.05) is 30.3 Å². The van der Waals surface area contributed by atoms with Crippen molar-refractivity contribution >= 4 is 22.5 Å². The molecular weight excluding hydrogens is 358 g/mol. The van der Waals surface area contributed by atoms with Crippen LogP contribution in [-0.4, -0.2) is 28.3 Å². The second-order valence-electron chi connectivity index (χ2n) is 7.02. The Labute approximate surface area is 161 Å². The van der Waals surface area contributed by atoms with E-state index in [2.05, 4.69) is 15.3 Å². The molecule has 1 amide bonds. The van der Waals surface area contributed by atoms with Gasteiger partial charge in [-0.25, -0.2) is 9.97 Å². The summed E-state index contributed by atoms with van der Waals surface area (Å²) < 4.78 is 17.6. The molecule has 142 valence electrons. The van der Waals surface area contributed by atoms with Crippen LogP contribution in [0.25, 0.3) is 10.9 Å². The second kappa shape index (κ2) is 6.67. The molecule has 0 radical (unpaired) electrons. The van der Waals surface area contributed by atoms with Crippen LogP contribution in [0.2, 0.25) is 0 Å². The Kier molecular flexibility index (Phi) is 4.00. The van der Waals surface area contributed by atoms with Gasteiger partial charge in [-0.2, -0.15) is 0 Å². The zero-order valence-corrected chi connectivity index (χ0v) is 15.2. The Balaban J connectivity index is 1.24. The number of nitrogens with one attached hydrogen (secondary N) is 1. The minimum atomic E-state index is -0.512. The van der Waals surface area contributed by atoms with Crippen molar-refractivity contribution in [3.05, 3.63) is 48.8 Å². The summed E-state index contributed by atoms with van der Waals surface area (Å²) in [5.41, 5.74) is 1.41. The first-order valence-corrected chi connectivity index (χ1v) is 9.35. The van der Waals surface area contributed by atoms with Crippen molar-refractivity contribution in [3.8, 4) is 17.4 Å². The van der Waals surface area contributed by atoms with Gasteiger partial charge in [0.2, 0.25) is 5.88 Å². The molecule has 3 aromatic rings. The van der Waals surface area contributed by atoms with Crippen LogP contribution in [0, 0.1) is 0 Å². The zero-order valence-electron chi connectivity index (χ0n) is 15.2. The highest BCUT2D eigenvalue weighted by atomic mass is 16.7. The molecule has 7 nitrogen and oxygen atoms in total. The van der Waals surface area contributed by atoms with Crippen LogP contribution < -0.4 is 19.5 Å². The van der Waals surface area contributed by atoms with E-state index in [-0.39, 0.29) is 12.5 Å². The van der Waals surface area contributed by atoms with Gasteiger partial charge in [-0.1, -0.05) is 12.1 Å². The molecule has 1 aromatic heterocycles. The quantitative estimate of drug-likeness (QED) is 0.747. The molecular formula is C21H19N3O4. The molecule has 2 heterocycles. The monoisotopic (exact) mass is 377 g/mol. The Morgan fingerprint density at radius 2 is 1.89 bits per heavy atom.